The van der Waals surface area contributed by atoms with E-state index in [-0.39, 0.29) is 13.0 Å². The summed E-state index contributed by atoms with van der Waals surface area (Å²) in [5, 5.41) is 8.64. The fraction of sp³-hybridized carbons (Fsp3) is 0.750. The van der Waals surface area contributed by atoms with Crippen LogP contribution in [0.4, 0.5) is 0 Å². The Balaban J connectivity index is 5.08. The highest BCUT2D eigenvalue weighted by Gasteiger charge is 2.46. The van der Waals surface area contributed by atoms with Crippen LogP contribution in [0.3, 0.4) is 0 Å². The highest BCUT2D eigenvalue weighted by molar-refractivity contribution is 6.05. The molecule has 0 saturated heterocycles. The molecule has 110 valence electrons. The second kappa shape index (κ2) is 6.51. The molecule has 0 aromatic rings. The van der Waals surface area contributed by atoms with Gasteiger partial charge < -0.3 is 20.3 Å². The molecule has 1 unspecified atom stereocenters. The van der Waals surface area contributed by atoms with Crippen molar-refractivity contribution < 1.29 is 29.0 Å². The van der Waals surface area contributed by atoms with Gasteiger partial charge in [0, 0.05) is 6.42 Å². The highest BCUT2D eigenvalue weighted by Crippen LogP contribution is 2.19. The van der Waals surface area contributed by atoms with Crippen LogP contribution >= 0.6 is 0 Å². The van der Waals surface area contributed by atoms with E-state index in [1.807, 2.05) is 0 Å². The number of rotatable bonds is 6. The van der Waals surface area contributed by atoms with E-state index in [9.17, 15) is 14.4 Å². The maximum absolute atomic E-state index is 12.0. The Morgan fingerprint density at radius 1 is 1.16 bits per heavy atom. The van der Waals surface area contributed by atoms with Gasteiger partial charge in [-0.05, 0) is 34.1 Å². The topological polar surface area (TPSA) is 116 Å². The van der Waals surface area contributed by atoms with Gasteiger partial charge >= 0.3 is 17.9 Å². The molecule has 0 saturated carbocycles. The van der Waals surface area contributed by atoms with Crippen LogP contribution in [0.25, 0.3) is 0 Å². The molecule has 0 aliphatic carbocycles. The summed E-state index contributed by atoms with van der Waals surface area (Å²) in [5.74, 6) is -3.13. The van der Waals surface area contributed by atoms with Gasteiger partial charge in [-0.2, -0.15) is 0 Å². The number of nitrogens with two attached hydrogens (primary N) is 1. The average molecular weight is 275 g/mol. The van der Waals surface area contributed by atoms with E-state index in [2.05, 4.69) is 0 Å². The zero-order chi connectivity index (χ0) is 15.3. The average Bonchev–Trinajstić information content (AvgIpc) is 2.23. The van der Waals surface area contributed by atoms with Crippen molar-refractivity contribution >= 4 is 17.9 Å². The van der Waals surface area contributed by atoms with Crippen molar-refractivity contribution in [2.45, 2.75) is 51.7 Å². The van der Waals surface area contributed by atoms with Crippen LogP contribution in [-0.2, 0) is 23.9 Å². The van der Waals surface area contributed by atoms with Gasteiger partial charge in [-0.15, -0.1) is 0 Å². The number of carboxylic acid groups (broad SMARTS) is 1. The van der Waals surface area contributed by atoms with E-state index in [0.717, 1.165) is 0 Å². The van der Waals surface area contributed by atoms with Crippen LogP contribution in [0, 0.1) is 0 Å². The minimum absolute atomic E-state index is 0.0354. The summed E-state index contributed by atoms with van der Waals surface area (Å²) in [6.45, 7) is 6.45. The molecule has 0 radical (unpaired) electrons. The second-order valence-corrected chi connectivity index (χ2v) is 5.09. The van der Waals surface area contributed by atoms with Gasteiger partial charge in [-0.25, -0.2) is 9.59 Å². The Labute approximate surface area is 112 Å². The van der Waals surface area contributed by atoms with Crippen molar-refractivity contribution in [1.29, 1.82) is 0 Å². The Kier molecular flexibility index (Phi) is 5.95. The molecule has 0 bridgehead atoms. The van der Waals surface area contributed by atoms with E-state index in [0.29, 0.717) is 0 Å². The number of carboxylic acids is 1. The molecular formula is C12H21NO6. The first-order valence-corrected chi connectivity index (χ1v) is 5.94. The third kappa shape index (κ3) is 5.69. The second-order valence-electron chi connectivity index (χ2n) is 5.09. The van der Waals surface area contributed by atoms with Gasteiger partial charge in [0.15, 0.2) is 0 Å². The lowest BCUT2D eigenvalue weighted by Gasteiger charge is -2.29. The van der Waals surface area contributed by atoms with E-state index in [1.54, 1.807) is 27.7 Å². The maximum Gasteiger partial charge on any atom is 0.338 e. The third-order valence-electron chi connectivity index (χ3n) is 2.14. The van der Waals surface area contributed by atoms with E-state index < -0.39 is 35.5 Å². The third-order valence-corrected chi connectivity index (χ3v) is 2.14. The first-order chi connectivity index (χ1) is 8.53. The standard InChI is InChI=1S/C12H21NO6/c1-5-18-9(16)12(13,7-6-8(14)15)10(17)19-11(2,3)4/h5-7,13H2,1-4H3,(H,14,15). The fourth-order valence-electron chi connectivity index (χ4n) is 1.22. The Morgan fingerprint density at radius 3 is 2.05 bits per heavy atom. The van der Waals surface area contributed by atoms with Gasteiger partial charge in [0.1, 0.15) is 5.60 Å². The molecule has 19 heavy (non-hydrogen) atoms. The largest absolute Gasteiger partial charge is 0.481 e. The molecule has 0 aliphatic rings. The molecule has 0 heterocycles. The van der Waals surface area contributed by atoms with Crippen LogP contribution in [0.1, 0.15) is 40.5 Å². The summed E-state index contributed by atoms with van der Waals surface area (Å²) in [7, 11) is 0. The molecule has 0 fully saturated rings. The molecule has 7 heteroatoms. The van der Waals surface area contributed by atoms with E-state index in [1.165, 1.54) is 0 Å². The van der Waals surface area contributed by atoms with Crippen molar-refractivity contribution in [2.24, 2.45) is 5.73 Å². The lowest BCUT2D eigenvalue weighted by molar-refractivity contribution is -0.172. The molecule has 0 aliphatic heterocycles. The van der Waals surface area contributed by atoms with Gasteiger partial charge in [-0.1, -0.05) is 0 Å². The highest BCUT2D eigenvalue weighted by atomic mass is 16.6. The number of hydrogen-bond acceptors (Lipinski definition) is 6. The van der Waals surface area contributed by atoms with Crippen LogP contribution in [-0.4, -0.2) is 40.8 Å². The van der Waals surface area contributed by atoms with Crippen molar-refractivity contribution in [2.75, 3.05) is 6.61 Å². The number of ether oxygens (including phenoxy) is 2. The summed E-state index contributed by atoms with van der Waals surface area (Å²) >= 11 is 0. The van der Waals surface area contributed by atoms with Crippen molar-refractivity contribution in [3.63, 3.8) is 0 Å². The lowest BCUT2D eigenvalue weighted by atomic mass is 9.94. The predicted molar refractivity (Wildman–Crippen MR) is 66.3 cm³/mol. The molecule has 0 amide bonds. The minimum Gasteiger partial charge on any atom is -0.481 e. The van der Waals surface area contributed by atoms with Crippen LogP contribution < -0.4 is 5.73 Å². The summed E-state index contributed by atoms with van der Waals surface area (Å²) in [6.07, 6.45) is -0.815. The number of carbonyl (C=O) groups is 3. The zero-order valence-electron chi connectivity index (χ0n) is 11.7. The predicted octanol–water partition coefficient (Wildman–Crippen LogP) is 0.454. The van der Waals surface area contributed by atoms with E-state index >= 15 is 0 Å². The number of esters is 2. The van der Waals surface area contributed by atoms with E-state index in [4.69, 9.17) is 20.3 Å². The SMILES string of the molecule is CCOC(=O)C(N)(CCC(=O)O)C(=O)OC(C)(C)C. The quantitative estimate of drug-likeness (QED) is 0.534. The maximum atomic E-state index is 12.0. The van der Waals surface area contributed by atoms with Crippen molar-refractivity contribution in [3.05, 3.63) is 0 Å². The summed E-state index contributed by atoms with van der Waals surface area (Å²) in [6, 6.07) is 0. The van der Waals surface area contributed by atoms with Crippen LogP contribution in [0.2, 0.25) is 0 Å². The molecule has 0 aromatic heterocycles. The monoisotopic (exact) mass is 275 g/mol. The first-order valence-electron chi connectivity index (χ1n) is 5.94. The Bertz CT molecular complexity index is 360. The molecule has 0 aromatic carbocycles. The number of carbonyl (C=O) groups excluding carboxylic acids is 2. The van der Waals surface area contributed by atoms with Gasteiger partial charge in [0.2, 0.25) is 5.54 Å². The molecule has 3 N–H and O–H groups in total. The Morgan fingerprint density at radius 2 is 1.68 bits per heavy atom. The number of aliphatic carboxylic acids is 1. The molecule has 7 nitrogen and oxygen atoms in total. The number of hydrogen-bond donors (Lipinski definition) is 2. The smallest absolute Gasteiger partial charge is 0.338 e. The first kappa shape index (κ1) is 17.4. The summed E-state index contributed by atoms with van der Waals surface area (Å²) < 4.78 is 9.76. The summed E-state index contributed by atoms with van der Waals surface area (Å²) in [5.41, 5.74) is 2.78. The molecule has 0 rings (SSSR count). The normalized spacial score (nSPS) is 14.4. The van der Waals surface area contributed by atoms with Crippen LogP contribution in [0.5, 0.6) is 0 Å². The fourth-order valence-corrected chi connectivity index (χ4v) is 1.22. The lowest BCUT2D eigenvalue weighted by Crippen LogP contribution is -2.58. The van der Waals surface area contributed by atoms with Gasteiger partial charge in [-0.3, -0.25) is 4.79 Å². The minimum atomic E-state index is -2.10. The van der Waals surface area contributed by atoms with Gasteiger partial charge in [0.05, 0.1) is 6.61 Å². The van der Waals surface area contributed by atoms with Crippen LogP contribution in [0.15, 0.2) is 0 Å². The molecular weight excluding hydrogens is 254 g/mol. The van der Waals surface area contributed by atoms with Gasteiger partial charge in [0.25, 0.3) is 0 Å². The zero-order valence-corrected chi connectivity index (χ0v) is 11.7. The Hall–Kier alpha value is -1.63. The van der Waals surface area contributed by atoms with Crippen molar-refractivity contribution in [3.8, 4) is 0 Å². The molecule has 0 spiro atoms. The summed E-state index contributed by atoms with van der Waals surface area (Å²) in [4.78, 5) is 34.3. The van der Waals surface area contributed by atoms with Crippen molar-refractivity contribution in [1.82, 2.24) is 0 Å². The molecule has 1 atom stereocenters.